The SMILES string of the molecule is Cc1cc(CCN(C(=O)C(c2ccccc2)N2CCC(N3CCCCC3)CC2)C(C)C)cc(C(F)(F)F)c1. The molecule has 0 spiro atoms. The van der Waals surface area contributed by atoms with Crippen LogP contribution in [0.5, 0.6) is 0 Å². The van der Waals surface area contributed by atoms with Gasteiger partial charge in [0.05, 0.1) is 5.56 Å². The van der Waals surface area contributed by atoms with Gasteiger partial charge in [0.2, 0.25) is 5.91 Å². The molecule has 2 aliphatic rings. The number of benzene rings is 2. The van der Waals surface area contributed by atoms with E-state index < -0.39 is 11.7 Å². The molecule has 2 aromatic carbocycles. The normalized spacial score (nSPS) is 19.0. The van der Waals surface area contributed by atoms with Crippen LogP contribution in [-0.2, 0) is 17.4 Å². The lowest BCUT2D eigenvalue weighted by molar-refractivity contribution is -0.140. The minimum atomic E-state index is -4.38. The molecule has 2 heterocycles. The molecule has 0 saturated carbocycles. The molecule has 2 fully saturated rings. The van der Waals surface area contributed by atoms with Crippen LogP contribution in [0.15, 0.2) is 48.5 Å². The Hall–Kier alpha value is -2.38. The van der Waals surface area contributed by atoms with Gasteiger partial charge in [0.25, 0.3) is 0 Å². The van der Waals surface area contributed by atoms with E-state index in [-0.39, 0.29) is 18.0 Å². The van der Waals surface area contributed by atoms with Crippen LogP contribution < -0.4 is 0 Å². The van der Waals surface area contributed by atoms with E-state index in [0.29, 0.717) is 30.1 Å². The van der Waals surface area contributed by atoms with Gasteiger partial charge < -0.3 is 9.80 Å². The monoisotopic (exact) mass is 529 g/mol. The number of carbonyl (C=O) groups excluding carboxylic acids is 1. The number of hydrogen-bond donors (Lipinski definition) is 0. The fourth-order valence-electron chi connectivity index (χ4n) is 6.14. The minimum absolute atomic E-state index is 0.0336. The molecule has 38 heavy (non-hydrogen) atoms. The fraction of sp³-hybridized carbons (Fsp3) is 0.581. The zero-order valence-corrected chi connectivity index (χ0v) is 23.0. The quantitative estimate of drug-likeness (QED) is 0.391. The summed E-state index contributed by atoms with van der Waals surface area (Å²) >= 11 is 0. The highest BCUT2D eigenvalue weighted by Crippen LogP contribution is 2.32. The van der Waals surface area contributed by atoms with Gasteiger partial charge in [0, 0.05) is 31.7 Å². The first kappa shape index (κ1) is 28.6. The molecule has 1 amide bonds. The maximum atomic E-state index is 14.2. The number of nitrogens with zero attached hydrogens (tertiary/aromatic N) is 3. The molecule has 0 bridgehead atoms. The predicted molar refractivity (Wildman–Crippen MR) is 146 cm³/mol. The molecule has 1 unspecified atom stereocenters. The Bertz CT molecular complexity index is 1040. The molecule has 208 valence electrons. The Morgan fingerprint density at radius 2 is 1.63 bits per heavy atom. The number of rotatable bonds is 8. The molecular weight excluding hydrogens is 487 g/mol. The van der Waals surface area contributed by atoms with E-state index in [1.807, 2.05) is 49.1 Å². The first-order chi connectivity index (χ1) is 18.1. The average molecular weight is 530 g/mol. The van der Waals surface area contributed by atoms with Crippen LogP contribution in [0.1, 0.15) is 74.2 Å². The highest BCUT2D eigenvalue weighted by Gasteiger charge is 2.36. The minimum Gasteiger partial charge on any atom is -0.338 e. The van der Waals surface area contributed by atoms with Gasteiger partial charge in [-0.3, -0.25) is 9.69 Å². The highest BCUT2D eigenvalue weighted by atomic mass is 19.4. The lowest BCUT2D eigenvalue weighted by atomic mass is 9.95. The van der Waals surface area contributed by atoms with E-state index in [9.17, 15) is 18.0 Å². The lowest BCUT2D eigenvalue weighted by Crippen LogP contribution is -2.51. The Labute approximate surface area is 225 Å². The van der Waals surface area contributed by atoms with E-state index in [1.54, 1.807) is 13.0 Å². The Morgan fingerprint density at radius 1 is 0.974 bits per heavy atom. The van der Waals surface area contributed by atoms with Crippen molar-refractivity contribution in [2.45, 2.75) is 83.6 Å². The summed E-state index contributed by atoms with van der Waals surface area (Å²) in [5.41, 5.74) is 1.54. The van der Waals surface area contributed by atoms with Crippen LogP contribution in [0.3, 0.4) is 0 Å². The predicted octanol–water partition coefficient (Wildman–Crippen LogP) is 6.48. The highest BCUT2D eigenvalue weighted by molar-refractivity contribution is 5.83. The van der Waals surface area contributed by atoms with Gasteiger partial charge in [0.15, 0.2) is 0 Å². The van der Waals surface area contributed by atoms with Crippen LogP contribution >= 0.6 is 0 Å². The number of likely N-dealkylation sites (tertiary alicyclic amines) is 2. The largest absolute Gasteiger partial charge is 0.416 e. The number of halogens is 3. The summed E-state index contributed by atoms with van der Waals surface area (Å²) in [6.45, 7) is 10.1. The third-order valence-corrected chi connectivity index (χ3v) is 8.13. The Morgan fingerprint density at radius 3 is 2.24 bits per heavy atom. The number of alkyl halides is 3. The molecule has 0 aromatic heterocycles. The smallest absolute Gasteiger partial charge is 0.338 e. The summed E-state index contributed by atoms with van der Waals surface area (Å²) in [7, 11) is 0. The maximum absolute atomic E-state index is 14.2. The molecule has 4 rings (SSSR count). The number of hydrogen-bond acceptors (Lipinski definition) is 3. The molecule has 7 heteroatoms. The molecule has 1 atom stereocenters. The molecule has 2 aromatic rings. The van der Waals surface area contributed by atoms with Crippen LogP contribution in [-0.4, -0.2) is 65.4 Å². The van der Waals surface area contributed by atoms with Crippen LogP contribution in [0, 0.1) is 6.92 Å². The summed E-state index contributed by atoms with van der Waals surface area (Å²) in [6.07, 6.45) is 2.00. The van der Waals surface area contributed by atoms with Crippen molar-refractivity contribution in [3.8, 4) is 0 Å². The molecule has 0 radical (unpaired) electrons. The Kier molecular flexibility index (Phi) is 9.53. The summed E-state index contributed by atoms with van der Waals surface area (Å²) in [4.78, 5) is 21.0. The van der Waals surface area contributed by atoms with Gasteiger partial charge in [-0.2, -0.15) is 13.2 Å². The van der Waals surface area contributed by atoms with Gasteiger partial charge >= 0.3 is 6.18 Å². The van der Waals surface area contributed by atoms with E-state index >= 15 is 0 Å². The number of piperidine rings is 2. The zero-order chi connectivity index (χ0) is 27.3. The van der Waals surface area contributed by atoms with Crippen LogP contribution in [0.4, 0.5) is 13.2 Å². The van der Waals surface area contributed by atoms with Gasteiger partial charge in [-0.1, -0.05) is 48.4 Å². The number of amides is 1. The fourth-order valence-corrected chi connectivity index (χ4v) is 6.14. The standard InChI is InChI=1S/C31H42F3N3O/c1-23(2)37(19-12-25-20-24(3)21-27(22-25)31(32,33)34)30(38)29(26-10-6-4-7-11-26)36-17-13-28(14-18-36)35-15-8-5-9-16-35/h4,6-7,10-11,20-23,28-29H,5,8-9,12-19H2,1-3H3. The van der Waals surface area contributed by atoms with E-state index in [0.717, 1.165) is 31.5 Å². The summed E-state index contributed by atoms with van der Waals surface area (Å²) in [6, 6.07) is 14.3. The summed E-state index contributed by atoms with van der Waals surface area (Å²) in [5.74, 6) is 0.0336. The van der Waals surface area contributed by atoms with Gasteiger partial charge in [-0.05, 0) is 89.2 Å². The number of aryl methyl sites for hydroxylation is 1. The van der Waals surface area contributed by atoms with Crippen molar-refractivity contribution in [1.82, 2.24) is 14.7 Å². The second-order valence-corrected chi connectivity index (χ2v) is 11.3. The third kappa shape index (κ3) is 7.17. The van der Waals surface area contributed by atoms with Crippen molar-refractivity contribution in [3.63, 3.8) is 0 Å². The molecular formula is C31H42F3N3O. The summed E-state index contributed by atoms with van der Waals surface area (Å²) in [5, 5.41) is 0. The van der Waals surface area contributed by atoms with E-state index in [2.05, 4.69) is 9.80 Å². The second kappa shape index (κ2) is 12.6. The van der Waals surface area contributed by atoms with Crippen molar-refractivity contribution in [1.29, 1.82) is 0 Å². The Balaban J connectivity index is 1.50. The maximum Gasteiger partial charge on any atom is 0.416 e. The molecule has 4 nitrogen and oxygen atoms in total. The average Bonchev–Trinajstić information content (AvgIpc) is 2.89. The third-order valence-electron chi connectivity index (χ3n) is 8.13. The van der Waals surface area contributed by atoms with Crippen molar-refractivity contribution in [3.05, 3.63) is 70.8 Å². The van der Waals surface area contributed by atoms with Gasteiger partial charge in [-0.25, -0.2) is 0 Å². The lowest BCUT2D eigenvalue weighted by Gasteiger charge is -2.43. The molecule has 0 N–H and O–H groups in total. The first-order valence-corrected chi connectivity index (χ1v) is 14.1. The molecule has 2 aliphatic heterocycles. The van der Waals surface area contributed by atoms with Crippen LogP contribution in [0.25, 0.3) is 0 Å². The van der Waals surface area contributed by atoms with Crippen molar-refractivity contribution in [2.75, 3.05) is 32.7 Å². The van der Waals surface area contributed by atoms with Crippen LogP contribution in [0.2, 0.25) is 0 Å². The zero-order valence-electron chi connectivity index (χ0n) is 23.0. The molecule has 0 aliphatic carbocycles. The van der Waals surface area contributed by atoms with Crippen molar-refractivity contribution in [2.24, 2.45) is 0 Å². The summed E-state index contributed by atoms with van der Waals surface area (Å²) < 4.78 is 40.1. The molecule has 2 saturated heterocycles. The second-order valence-electron chi connectivity index (χ2n) is 11.3. The van der Waals surface area contributed by atoms with Gasteiger partial charge in [-0.15, -0.1) is 0 Å². The first-order valence-electron chi connectivity index (χ1n) is 14.1. The van der Waals surface area contributed by atoms with Gasteiger partial charge in [0.1, 0.15) is 6.04 Å². The van der Waals surface area contributed by atoms with Crippen molar-refractivity contribution < 1.29 is 18.0 Å². The number of carbonyl (C=O) groups is 1. The van der Waals surface area contributed by atoms with E-state index in [1.165, 1.54) is 44.5 Å². The topological polar surface area (TPSA) is 26.8 Å². The van der Waals surface area contributed by atoms with Crippen molar-refractivity contribution >= 4 is 5.91 Å². The van der Waals surface area contributed by atoms with E-state index in [4.69, 9.17) is 0 Å².